The standard InChI is InChI=1S/C19H26N2O4/c1-13-17(25-15-8-4-3-7-14(15)24-13)18(23)21-12-19(11-16(20)22)9-5-2-6-10-19/h3-4,7-8,13,17H,2,5-6,9-12H2,1H3,(H2,20,22)(H,21,23). The van der Waals surface area contributed by atoms with Gasteiger partial charge in [0.15, 0.2) is 11.5 Å². The van der Waals surface area contributed by atoms with Gasteiger partial charge in [0.2, 0.25) is 12.0 Å². The highest BCUT2D eigenvalue weighted by Gasteiger charge is 2.38. The van der Waals surface area contributed by atoms with Crippen molar-refractivity contribution in [3.63, 3.8) is 0 Å². The Labute approximate surface area is 148 Å². The molecule has 2 aliphatic rings. The molecule has 2 unspecified atom stereocenters. The second-order valence-corrected chi connectivity index (χ2v) is 7.23. The maximum absolute atomic E-state index is 12.7. The fourth-order valence-corrected chi connectivity index (χ4v) is 3.87. The minimum Gasteiger partial charge on any atom is -0.482 e. The third-order valence-corrected chi connectivity index (χ3v) is 5.20. The molecule has 2 atom stereocenters. The van der Waals surface area contributed by atoms with Crippen molar-refractivity contribution in [2.24, 2.45) is 11.1 Å². The second-order valence-electron chi connectivity index (χ2n) is 7.23. The van der Waals surface area contributed by atoms with Crippen LogP contribution in [-0.4, -0.2) is 30.6 Å². The average molecular weight is 346 g/mol. The van der Waals surface area contributed by atoms with Crippen LogP contribution in [0, 0.1) is 5.41 Å². The summed E-state index contributed by atoms with van der Waals surface area (Å²) in [5.74, 6) is 0.703. The number of nitrogens with two attached hydrogens (primary N) is 1. The van der Waals surface area contributed by atoms with E-state index in [0.717, 1.165) is 25.7 Å². The zero-order valence-electron chi connectivity index (χ0n) is 14.6. The molecule has 25 heavy (non-hydrogen) atoms. The molecule has 1 aromatic rings. The van der Waals surface area contributed by atoms with Crippen LogP contribution in [0.4, 0.5) is 0 Å². The summed E-state index contributed by atoms with van der Waals surface area (Å²) in [5.41, 5.74) is 5.21. The van der Waals surface area contributed by atoms with E-state index in [2.05, 4.69) is 5.32 Å². The number of fused-ring (bicyclic) bond motifs is 1. The van der Waals surface area contributed by atoms with E-state index in [1.165, 1.54) is 6.42 Å². The van der Waals surface area contributed by atoms with Crippen molar-refractivity contribution in [2.45, 2.75) is 57.7 Å². The molecule has 0 aromatic heterocycles. The quantitative estimate of drug-likeness (QED) is 0.855. The third-order valence-electron chi connectivity index (χ3n) is 5.20. The molecule has 1 heterocycles. The summed E-state index contributed by atoms with van der Waals surface area (Å²) in [7, 11) is 0. The van der Waals surface area contributed by atoms with E-state index in [0.29, 0.717) is 24.5 Å². The molecule has 136 valence electrons. The first-order chi connectivity index (χ1) is 12.0. The predicted octanol–water partition coefficient (Wildman–Crippen LogP) is 2.16. The lowest BCUT2D eigenvalue weighted by molar-refractivity contribution is -0.134. The number of nitrogens with one attached hydrogen (secondary N) is 1. The Morgan fingerprint density at radius 3 is 2.44 bits per heavy atom. The predicted molar refractivity (Wildman–Crippen MR) is 93.3 cm³/mol. The number of benzene rings is 1. The summed E-state index contributed by atoms with van der Waals surface area (Å²) in [6.07, 6.45) is 4.35. The fraction of sp³-hybridized carbons (Fsp3) is 0.579. The Kier molecular flexibility index (Phi) is 5.16. The molecular formula is C19H26N2O4. The zero-order valence-corrected chi connectivity index (χ0v) is 14.6. The lowest BCUT2D eigenvalue weighted by atomic mass is 9.71. The monoisotopic (exact) mass is 346 g/mol. The fourth-order valence-electron chi connectivity index (χ4n) is 3.87. The minimum atomic E-state index is -0.705. The van der Waals surface area contributed by atoms with E-state index in [4.69, 9.17) is 15.2 Å². The average Bonchev–Trinajstić information content (AvgIpc) is 2.59. The first kappa shape index (κ1) is 17.6. The summed E-state index contributed by atoms with van der Waals surface area (Å²) < 4.78 is 11.6. The van der Waals surface area contributed by atoms with Crippen LogP contribution >= 0.6 is 0 Å². The Hall–Kier alpha value is -2.24. The van der Waals surface area contributed by atoms with Crippen molar-refractivity contribution >= 4 is 11.8 Å². The van der Waals surface area contributed by atoms with Gasteiger partial charge in [0.1, 0.15) is 6.10 Å². The second kappa shape index (κ2) is 7.33. The number of carbonyl (C=O) groups is 2. The molecule has 3 N–H and O–H groups in total. The number of ether oxygens (including phenoxy) is 2. The largest absolute Gasteiger partial charge is 0.482 e. The van der Waals surface area contributed by atoms with Crippen LogP contribution in [0.2, 0.25) is 0 Å². The molecule has 2 amide bonds. The first-order valence-electron chi connectivity index (χ1n) is 8.97. The topological polar surface area (TPSA) is 90.7 Å². The van der Waals surface area contributed by atoms with Crippen molar-refractivity contribution in [3.05, 3.63) is 24.3 Å². The van der Waals surface area contributed by atoms with Gasteiger partial charge in [-0.25, -0.2) is 0 Å². The molecule has 1 aliphatic carbocycles. The number of rotatable bonds is 5. The molecular weight excluding hydrogens is 320 g/mol. The first-order valence-corrected chi connectivity index (χ1v) is 8.97. The molecule has 3 rings (SSSR count). The molecule has 1 saturated carbocycles. The normalized spacial score (nSPS) is 24.4. The van der Waals surface area contributed by atoms with E-state index < -0.39 is 6.10 Å². The molecule has 0 radical (unpaired) electrons. The number of hydrogen-bond donors (Lipinski definition) is 2. The van der Waals surface area contributed by atoms with Crippen molar-refractivity contribution in [1.29, 1.82) is 0 Å². The van der Waals surface area contributed by atoms with Gasteiger partial charge in [0.05, 0.1) is 0 Å². The van der Waals surface area contributed by atoms with Gasteiger partial charge in [-0.2, -0.15) is 0 Å². The number of primary amides is 1. The summed E-state index contributed by atoms with van der Waals surface area (Å²) in [6, 6.07) is 7.32. The third kappa shape index (κ3) is 4.06. The van der Waals surface area contributed by atoms with Crippen LogP contribution in [0.5, 0.6) is 11.5 Å². The van der Waals surface area contributed by atoms with E-state index in [1.807, 2.05) is 25.1 Å². The summed E-state index contributed by atoms with van der Waals surface area (Å²) in [6.45, 7) is 2.27. The van der Waals surface area contributed by atoms with E-state index in [1.54, 1.807) is 6.07 Å². The van der Waals surface area contributed by atoms with Gasteiger partial charge in [0.25, 0.3) is 5.91 Å². The maximum Gasteiger partial charge on any atom is 0.265 e. The summed E-state index contributed by atoms with van der Waals surface area (Å²) >= 11 is 0. The molecule has 0 spiro atoms. The number of amides is 2. The molecule has 1 aliphatic heterocycles. The van der Waals surface area contributed by atoms with Gasteiger partial charge >= 0.3 is 0 Å². The van der Waals surface area contributed by atoms with Crippen LogP contribution in [0.25, 0.3) is 0 Å². The van der Waals surface area contributed by atoms with Crippen LogP contribution in [0.1, 0.15) is 45.4 Å². The highest BCUT2D eigenvalue weighted by Crippen LogP contribution is 2.39. The van der Waals surface area contributed by atoms with E-state index >= 15 is 0 Å². The van der Waals surface area contributed by atoms with Crippen molar-refractivity contribution in [2.75, 3.05) is 6.54 Å². The van der Waals surface area contributed by atoms with Crippen molar-refractivity contribution < 1.29 is 19.1 Å². The van der Waals surface area contributed by atoms with Crippen molar-refractivity contribution in [3.8, 4) is 11.5 Å². The van der Waals surface area contributed by atoms with Gasteiger partial charge in [0, 0.05) is 13.0 Å². The van der Waals surface area contributed by atoms with Crippen molar-refractivity contribution in [1.82, 2.24) is 5.32 Å². The Balaban J connectivity index is 1.64. The Morgan fingerprint density at radius 2 is 1.80 bits per heavy atom. The van der Waals surface area contributed by atoms with Gasteiger partial charge in [-0.1, -0.05) is 31.4 Å². The maximum atomic E-state index is 12.7. The number of carbonyl (C=O) groups excluding carboxylic acids is 2. The lowest BCUT2D eigenvalue weighted by Gasteiger charge is -2.37. The summed E-state index contributed by atoms with van der Waals surface area (Å²) in [4.78, 5) is 24.1. The molecule has 1 fully saturated rings. The van der Waals surface area contributed by atoms with Gasteiger partial charge in [-0.05, 0) is 37.3 Å². The van der Waals surface area contributed by atoms with Crippen LogP contribution in [0.15, 0.2) is 24.3 Å². The zero-order chi connectivity index (χ0) is 17.9. The molecule has 0 bridgehead atoms. The lowest BCUT2D eigenvalue weighted by Crippen LogP contribution is -2.51. The van der Waals surface area contributed by atoms with Gasteiger partial charge < -0.3 is 20.5 Å². The highest BCUT2D eigenvalue weighted by atomic mass is 16.6. The van der Waals surface area contributed by atoms with E-state index in [-0.39, 0.29) is 23.3 Å². The Bertz CT molecular complexity index is 640. The number of para-hydroxylation sites is 2. The SMILES string of the molecule is CC1Oc2ccccc2OC1C(=O)NCC1(CC(N)=O)CCCCC1. The minimum absolute atomic E-state index is 0.212. The van der Waals surface area contributed by atoms with Gasteiger partial charge in [-0.3, -0.25) is 9.59 Å². The molecule has 6 nitrogen and oxygen atoms in total. The van der Waals surface area contributed by atoms with Crippen LogP contribution < -0.4 is 20.5 Å². The Morgan fingerprint density at radius 1 is 1.16 bits per heavy atom. The molecule has 1 aromatic carbocycles. The van der Waals surface area contributed by atoms with Gasteiger partial charge in [-0.15, -0.1) is 0 Å². The van der Waals surface area contributed by atoms with Crippen LogP contribution in [-0.2, 0) is 9.59 Å². The van der Waals surface area contributed by atoms with Crippen LogP contribution in [0.3, 0.4) is 0 Å². The smallest absolute Gasteiger partial charge is 0.265 e. The molecule has 6 heteroatoms. The van der Waals surface area contributed by atoms with E-state index in [9.17, 15) is 9.59 Å². The highest BCUT2D eigenvalue weighted by molar-refractivity contribution is 5.82. The summed E-state index contributed by atoms with van der Waals surface area (Å²) in [5, 5.41) is 2.98. The molecule has 0 saturated heterocycles. The number of hydrogen-bond acceptors (Lipinski definition) is 4.